The van der Waals surface area contributed by atoms with Gasteiger partial charge in [0.1, 0.15) is 5.75 Å². The molecule has 1 rings (SSSR count). The molecule has 0 fully saturated rings. The first-order valence-electron chi connectivity index (χ1n) is 4.72. The number of ether oxygens (including phenoxy) is 1. The lowest BCUT2D eigenvalue weighted by atomic mass is 10.1. The molecule has 3 nitrogen and oxygen atoms in total. The first-order chi connectivity index (χ1) is 7.31. The fourth-order valence-electron chi connectivity index (χ4n) is 1.22. The van der Waals surface area contributed by atoms with E-state index in [2.05, 4.69) is 0 Å². The molecule has 0 amide bonds. The number of aldehydes is 1. The molecule has 3 heteroatoms. The molecule has 0 saturated carbocycles. The minimum atomic E-state index is 0.139. The number of benzene rings is 1. The van der Waals surface area contributed by atoms with Crippen molar-refractivity contribution >= 4 is 12.4 Å². The molecule has 0 aromatic heterocycles. The van der Waals surface area contributed by atoms with E-state index in [1.54, 1.807) is 12.1 Å². The second-order valence-corrected chi connectivity index (χ2v) is 3.03. The summed E-state index contributed by atoms with van der Waals surface area (Å²) in [6.07, 6.45) is 5.14. The number of carbonyl (C=O) groups excluding carboxylic acids is 1. The highest BCUT2D eigenvalue weighted by Crippen LogP contribution is 2.19. The average molecular weight is 206 g/mol. The van der Waals surface area contributed by atoms with Crippen LogP contribution in [-0.4, -0.2) is 25.1 Å². The van der Waals surface area contributed by atoms with Crippen molar-refractivity contribution in [3.63, 3.8) is 0 Å². The largest absolute Gasteiger partial charge is 0.496 e. The maximum atomic E-state index is 10.6. The zero-order valence-electron chi connectivity index (χ0n) is 8.64. The third-order valence-corrected chi connectivity index (χ3v) is 1.99. The second-order valence-electron chi connectivity index (χ2n) is 3.03. The molecule has 0 bridgehead atoms. The standard InChI is InChI=1S/C12H14O3/c1-15-12-8-10(4-2-3-7-13)5-6-11(12)9-14/h2,4-6,8-9,13H,3,7H2,1H3. The van der Waals surface area contributed by atoms with Gasteiger partial charge in [-0.15, -0.1) is 0 Å². The highest BCUT2D eigenvalue weighted by Gasteiger charge is 2.00. The van der Waals surface area contributed by atoms with Crippen LogP contribution in [0, 0.1) is 0 Å². The number of hydrogen-bond donors (Lipinski definition) is 1. The topological polar surface area (TPSA) is 46.5 Å². The monoisotopic (exact) mass is 206 g/mol. The Morgan fingerprint density at radius 2 is 2.27 bits per heavy atom. The number of methoxy groups -OCH3 is 1. The van der Waals surface area contributed by atoms with Crippen LogP contribution in [0.3, 0.4) is 0 Å². The van der Waals surface area contributed by atoms with Gasteiger partial charge in [0.25, 0.3) is 0 Å². The Morgan fingerprint density at radius 3 is 2.87 bits per heavy atom. The molecule has 0 aliphatic carbocycles. The minimum absolute atomic E-state index is 0.139. The SMILES string of the molecule is COc1cc(C=CCCO)ccc1C=O. The number of hydrogen-bond acceptors (Lipinski definition) is 3. The van der Waals surface area contributed by atoms with Crippen LogP contribution in [-0.2, 0) is 0 Å². The van der Waals surface area contributed by atoms with Crippen molar-refractivity contribution in [1.29, 1.82) is 0 Å². The van der Waals surface area contributed by atoms with Gasteiger partial charge in [-0.05, 0) is 24.1 Å². The first-order valence-corrected chi connectivity index (χ1v) is 4.72. The summed E-state index contributed by atoms with van der Waals surface area (Å²) in [7, 11) is 1.53. The second kappa shape index (κ2) is 5.98. The maximum absolute atomic E-state index is 10.6. The van der Waals surface area contributed by atoms with E-state index < -0.39 is 0 Å². The van der Waals surface area contributed by atoms with E-state index in [-0.39, 0.29) is 6.61 Å². The Balaban J connectivity index is 2.88. The van der Waals surface area contributed by atoms with Gasteiger partial charge in [-0.2, -0.15) is 0 Å². The van der Waals surface area contributed by atoms with Crippen LogP contribution in [0.4, 0.5) is 0 Å². The lowest BCUT2D eigenvalue weighted by Gasteiger charge is -2.03. The van der Waals surface area contributed by atoms with Crippen molar-refractivity contribution in [2.45, 2.75) is 6.42 Å². The van der Waals surface area contributed by atoms with Crippen LogP contribution in [0.25, 0.3) is 6.08 Å². The smallest absolute Gasteiger partial charge is 0.153 e. The number of aliphatic hydroxyl groups excluding tert-OH is 1. The van der Waals surface area contributed by atoms with Crippen LogP contribution in [0.2, 0.25) is 0 Å². The van der Waals surface area contributed by atoms with Crippen molar-refractivity contribution in [2.75, 3.05) is 13.7 Å². The summed E-state index contributed by atoms with van der Waals surface area (Å²) in [5, 5.41) is 8.60. The molecule has 0 heterocycles. The number of carbonyl (C=O) groups is 1. The van der Waals surface area contributed by atoms with Gasteiger partial charge < -0.3 is 9.84 Å². The Morgan fingerprint density at radius 1 is 1.47 bits per heavy atom. The van der Waals surface area contributed by atoms with Crippen LogP contribution in [0.15, 0.2) is 24.3 Å². The van der Waals surface area contributed by atoms with Crippen LogP contribution in [0.5, 0.6) is 5.75 Å². The van der Waals surface area contributed by atoms with Gasteiger partial charge in [-0.25, -0.2) is 0 Å². The predicted octanol–water partition coefficient (Wildman–Crippen LogP) is 1.90. The van der Waals surface area contributed by atoms with E-state index in [1.807, 2.05) is 18.2 Å². The summed E-state index contributed by atoms with van der Waals surface area (Å²) in [6.45, 7) is 0.139. The minimum Gasteiger partial charge on any atom is -0.496 e. The van der Waals surface area contributed by atoms with E-state index in [1.165, 1.54) is 7.11 Å². The summed E-state index contributed by atoms with van der Waals surface area (Å²) < 4.78 is 5.07. The molecule has 1 aromatic rings. The zero-order chi connectivity index (χ0) is 11.1. The lowest BCUT2D eigenvalue weighted by molar-refractivity contribution is 0.112. The summed E-state index contributed by atoms with van der Waals surface area (Å²) in [4.78, 5) is 10.6. The summed E-state index contributed by atoms with van der Waals surface area (Å²) in [5.41, 5.74) is 1.49. The molecule has 0 spiro atoms. The molecule has 1 N–H and O–H groups in total. The summed E-state index contributed by atoms with van der Waals surface area (Å²) in [6, 6.07) is 5.34. The van der Waals surface area contributed by atoms with Gasteiger partial charge in [-0.3, -0.25) is 4.79 Å². The van der Waals surface area contributed by atoms with Gasteiger partial charge in [0.05, 0.1) is 12.7 Å². The third-order valence-electron chi connectivity index (χ3n) is 1.99. The first kappa shape index (κ1) is 11.5. The molecule has 15 heavy (non-hydrogen) atoms. The van der Waals surface area contributed by atoms with Crippen LogP contribution in [0.1, 0.15) is 22.3 Å². The maximum Gasteiger partial charge on any atom is 0.153 e. The highest BCUT2D eigenvalue weighted by atomic mass is 16.5. The van der Waals surface area contributed by atoms with E-state index in [9.17, 15) is 4.79 Å². The van der Waals surface area contributed by atoms with Crippen molar-refractivity contribution in [2.24, 2.45) is 0 Å². The molecular formula is C12H14O3. The molecule has 0 radical (unpaired) electrons. The quantitative estimate of drug-likeness (QED) is 0.748. The summed E-state index contributed by atoms with van der Waals surface area (Å²) in [5.74, 6) is 0.566. The molecule has 0 aliphatic rings. The van der Waals surface area contributed by atoms with E-state index in [4.69, 9.17) is 9.84 Å². The molecule has 0 unspecified atom stereocenters. The molecule has 0 atom stereocenters. The van der Waals surface area contributed by atoms with Crippen LogP contribution < -0.4 is 4.74 Å². The molecule has 0 saturated heterocycles. The van der Waals surface area contributed by atoms with Crippen molar-refractivity contribution in [3.8, 4) is 5.75 Å². The Bertz CT molecular complexity index is 356. The van der Waals surface area contributed by atoms with E-state index in [0.717, 1.165) is 11.8 Å². The highest BCUT2D eigenvalue weighted by molar-refractivity contribution is 5.80. The van der Waals surface area contributed by atoms with Gasteiger partial charge in [-0.1, -0.05) is 18.2 Å². The molecule has 0 aliphatic heterocycles. The van der Waals surface area contributed by atoms with Gasteiger partial charge in [0.15, 0.2) is 6.29 Å². The van der Waals surface area contributed by atoms with E-state index >= 15 is 0 Å². The predicted molar refractivity (Wildman–Crippen MR) is 59.1 cm³/mol. The molecular weight excluding hydrogens is 192 g/mol. The fourth-order valence-corrected chi connectivity index (χ4v) is 1.22. The van der Waals surface area contributed by atoms with Crippen molar-refractivity contribution in [3.05, 3.63) is 35.4 Å². The van der Waals surface area contributed by atoms with Gasteiger partial charge in [0.2, 0.25) is 0 Å². The lowest BCUT2D eigenvalue weighted by Crippen LogP contribution is -1.90. The fraction of sp³-hybridized carbons (Fsp3) is 0.250. The number of rotatable bonds is 5. The zero-order valence-corrected chi connectivity index (χ0v) is 8.64. The van der Waals surface area contributed by atoms with Gasteiger partial charge >= 0.3 is 0 Å². The Kier molecular flexibility index (Phi) is 4.57. The average Bonchev–Trinajstić information content (AvgIpc) is 2.29. The van der Waals surface area contributed by atoms with Crippen LogP contribution >= 0.6 is 0 Å². The molecule has 80 valence electrons. The van der Waals surface area contributed by atoms with Gasteiger partial charge in [0, 0.05) is 6.61 Å². The van der Waals surface area contributed by atoms with Crippen molar-refractivity contribution in [1.82, 2.24) is 0 Å². The normalized spacial score (nSPS) is 10.5. The van der Waals surface area contributed by atoms with E-state index in [0.29, 0.717) is 17.7 Å². The van der Waals surface area contributed by atoms with Crippen molar-refractivity contribution < 1.29 is 14.6 Å². The Labute approximate surface area is 89.0 Å². The third kappa shape index (κ3) is 3.22. The number of aliphatic hydroxyl groups is 1. The Hall–Kier alpha value is -1.61. The molecule has 1 aromatic carbocycles. The summed E-state index contributed by atoms with van der Waals surface area (Å²) >= 11 is 0.